The molecule has 112 valence electrons. The predicted octanol–water partition coefficient (Wildman–Crippen LogP) is 0.554. The van der Waals surface area contributed by atoms with Crippen LogP contribution in [0, 0.1) is 18.8 Å². The molecule has 4 N–H and O–H groups in total. The largest absolute Gasteiger partial charge is 0.448 e. The number of primary amides is 1. The van der Waals surface area contributed by atoms with Gasteiger partial charge in [-0.05, 0) is 30.7 Å². The number of ether oxygens (including phenoxy) is 1. The van der Waals surface area contributed by atoms with Crippen LogP contribution >= 0.6 is 0 Å². The van der Waals surface area contributed by atoms with E-state index in [-0.39, 0.29) is 25.7 Å². The predicted molar refractivity (Wildman–Crippen MR) is 77.6 cm³/mol. The molecule has 1 aromatic rings. The number of carbonyl (C=O) groups is 2. The molecule has 0 heterocycles. The highest BCUT2D eigenvalue weighted by Crippen LogP contribution is 2.10. The van der Waals surface area contributed by atoms with Gasteiger partial charge in [0.15, 0.2) is 0 Å². The van der Waals surface area contributed by atoms with Crippen molar-refractivity contribution in [2.24, 2.45) is 5.73 Å². The van der Waals surface area contributed by atoms with Crippen molar-refractivity contribution in [2.75, 3.05) is 19.8 Å². The molecular formula is C15H18N2O4. The Morgan fingerprint density at radius 1 is 1.43 bits per heavy atom. The Hall–Kier alpha value is -2.52. The molecule has 0 bridgehead atoms. The summed E-state index contributed by atoms with van der Waals surface area (Å²) in [6.45, 7) is 2.11. The van der Waals surface area contributed by atoms with E-state index < -0.39 is 6.09 Å². The van der Waals surface area contributed by atoms with Crippen molar-refractivity contribution in [3.8, 4) is 11.8 Å². The molecule has 0 unspecified atom stereocenters. The number of carbonyl (C=O) groups excluding carboxylic acids is 2. The van der Waals surface area contributed by atoms with Crippen LogP contribution in [0.3, 0.4) is 0 Å². The summed E-state index contributed by atoms with van der Waals surface area (Å²) in [5.41, 5.74) is 7.00. The van der Waals surface area contributed by atoms with E-state index in [0.29, 0.717) is 12.0 Å². The summed E-state index contributed by atoms with van der Waals surface area (Å²) < 4.78 is 4.51. The van der Waals surface area contributed by atoms with Gasteiger partial charge in [-0.15, -0.1) is 0 Å². The van der Waals surface area contributed by atoms with Gasteiger partial charge in [-0.1, -0.05) is 11.8 Å². The Kier molecular flexibility index (Phi) is 6.78. The molecule has 6 heteroatoms. The number of benzene rings is 1. The van der Waals surface area contributed by atoms with Crippen LogP contribution in [0.2, 0.25) is 0 Å². The van der Waals surface area contributed by atoms with Gasteiger partial charge in [0.2, 0.25) is 0 Å². The van der Waals surface area contributed by atoms with E-state index >= 15 is 0 Å². The Morgan fingerprint density at radius 3 is 2.81 bits per heavy atom. The SMILES string of the molecule is Cc1cc(C(=O)NCCOC(N)=O)ccc1C#CCCO. The highest BCUT2D eigenvalue weighted by atomic mass is 16.5. The molecule has 0 atom stereocenters. The second kappa shape index (κ2) is 8.61. The normalized spacial score (nSPS) is 9.43. The maximum atomic E-state index is 11.9. The lowest BCUT2D eigenvalue weighted by Crippen LogP contribution is -2.29. The first-order valence-electron chi connectivity index (χ1n) is 6.45. The van der Waals surface area contributed by atoms with Gasteiger partial charge in [-0.2, -0.15) is 0 Å². The molecule has 1 aromatic carbocycles. The molecule has 0 saturated heterocycles. The Morgan fingerprint density at radius 2 is 2.19 bits per heavy atom. The molecule has 0 saturated carbocycles. The lowest BCUT2D eigenvalue weighted by atomic mass is 10.0. The van der Waals surface area contributed by atoms with Crippen LogP contribution in [0.25, 0.3) is 0 Å². The number of aryl methyl sites for hydroxylation is 1. The van der Waals surface area contributed by atoms with E-state index in [1.165, 1.54) is 0 Å². The summed E-state index contributed by atoms with van der Waals surface area (Å²) >= 11 is 0. The first-order chi connectivity index (χ1) is 10.0. The first-order valence-corrected chi connectivity index (χ1v) is 6.45. The fourth-order valence-electron chi connectivity index (χ4n) is 1.58. The number of aliphatic hydroxyl groups is 1. The van der Waals surface area contributed by atoms with Crippen LogP contribution in [-0.2, 0) is 4.74 Å². The molecule has 0 aliphatic heterocycles. The third-order valence-corrected chi connectivity index (χ3v) is 2.58. The van der Waals surface area contributed by atoms with Crippen LogP contribution in [-0.4, -0.2) is 36.9 Å². The molecule has 6 nitrogen and oxygen atoms in total. The number of hydrogen-bond donors (Lipinski definition) is 3. The van der Waals surface area contributed by atoms with Crippen molar-refractivity contribution < 1.29 is 19.4 Å². The van der Waals surface area contributed by atoms with E-state index in [1.807, 2.05) is 6.92 Å². The molecule has 0 aromatic heterocycles. The minimum absolute atomic E-state index is 0.0277. The zero-order valence-corrected chi connectivity index (χ0v) is 11.8. The zero-order valence-electron chi connectivity index (χ0n) is 11.8. The highest BCUT2D eigenvalue weighted by molar-refractivity contribution is 5.94. The maximum absolute atomic E-state index is 11.9. The molecule has 1 rings (SSSR count). The van der Waals surface area contributed by atoms with Crippen molar-refractivity contribution >= 4 is 12.0 Å². The number of nitrogens with two attached hydrogens (primary N) is 1. The summed E-state index contributed by atoms with van der Waals surface area (Å²) in [6, 6.07) is 5.15. The molecular weight excluding hydrogens is 272 g/mol. The average Bonchev–Trinajstić information content (AvgIpc) is 2.45. The minimum Gasteiger partial charge on any atom is -0.448 e. The summed E-state index contributed by atoms with van der Waals surface area (Å²) in [5, 5.41) is 11.3. The molecule has 0 aliphatic carbocycles. The van der Waals surface area contributed by atoms with Crippen molar-refractivity contribution in [1.29, 1.82) is 0 Å². The Bertz CT molecular complexity index is 573. The number of aliphatic hydroxyl groups excluding tert-OH is 1. The van der Waals surface area contributed by atoms with Crippen LogP contribution in [0.15, 0.2) is 18.2 Å². The smallest absolute Gasteiger partial charge is 0.404 e. The van der Waals surface area contributed by atoms with Crippen LogP contribution in [0.5, 0.6) is 0 Å². The minimum atomic E-state index is -0.870. The van der Waals surface area contributed by atoms with E-state index in [1.54, 1.807) is 18.2 Å². The van der Waals surface area contributed by atoms with Gasteiger partial charge < -0.3 is 20.9 Å². The average molecular weight is 290 g/mol. The Balaban J connectivity index is 2.60. The van der Waals surface area contributed by atoms with Gasteiger partial charge >= 0.3 is 6.09 Å². The summed E-state index contributed by atoms with van der Waals surface area (Å²) in [7, 11) is 0. The van der Waals surface area contributed by atoms with Gasteiger partial charge in [0.25, 0.3) is 5.91 Å². The molecule has 0 spiro atoms. The number of nitrogens with one attached hydrogen (secondary N) is 1. The number of amides is 2. The van der Waals surface area contributed by atoms with Gasteiger partial charge in [-0.25, -0.2) is 4.79 Å². The fourth-order valence-corrected chi connectivity index (χ4v) is 1.58. The molecule has 0 fully saturated rings. The quantitative estimate of drug-likeness (QED) is 0.544. The first kappa shape index (κ1) is 16.5. The topological polar surface area (TPSA) is 102 Å². The third kappa shape index (κ3) is 5.97. The van der Waals surface area contributed by atoms with Gasteiger partial charge in [0.05, 0.1) is 13.2 Å². The van der Waals surface area contributed by atoms with E-state index in [9.17, 15) is 9.59 Å². The van der Waals surface area contributed by atoms with E-state index in [0.717, 1.165) is 11.1 Å². The maximum Gasteiger partial charge on any atom is 0.404 e. The van der Waals surface area contributed by atoms with Gasteiger partial charge in [0.1, 0.15) is 6.61 Å². The second-order valence-electron chi connectivity index (χ2n) is 4.23. The monoisotopic (exact) mass is 290 g/mol. The van der Waals surface area contributed by atoms with E-state index in [4.69, 9.17) is 10.8 Å². The fraction of sp³-hybridized carbons (Fsp3) is 0.333. The van der Waals surface area contributed by atoms with Crippen molar-refractivity contribution in [3.63, 3.8) is 0 Å². The van der Waals surface area contributed by atoms with Gasteiger partial charge in [0, 0.05) is 17.5 Å². The van der Waals surface area contributed by atoms with Crippen LogP contribution < -0.4 is 11.1 Å². The number of hydrogen-bond acceptors (Lipinski definition) is 4. The summed E-state index contributed by atoms with van der Waals surface area (Å²) in [5.74, 6) is 5.50. The lowest BCUT2D eigenvalue weighted by Gasteiger charge is -2.07. The van der Waals surface area contributed by atoms with Crippen molar-refractivity contribution in [2.45, 2.75) is 13.3 Å². The Labute approximate surface area is 123 Å². The van der Waals surface area contributed by atoms with Gasteiger partial charge in [-0.3, -0.25) is 4.79 Å². The highest BCUT2D eigenvalue weighted by Gasteiger charge is 2.06. The van der Waals surface area contributed by atoms with E-state index in [2.05, 4.69) is 21.9 Å². The zero-order chi connectivity index (χ0) is 15.7. The second-order valence-corrected chi connectivity index (χ2v) is 4.23. The summed E-state index contributed by atoms with van der Waals surface area (Å²) in [4.78, 5) is 22.2. The molecule has 0 aliphatic rings. The number of rotatable bonds is 5. The van der Waals surface area contributed by atoms with Crippen LogP contribution in [0.4, 0.5) is 4.79 Å². The standard InChI is InChI=1S/C15H18N2O4/c1-11-10-13(6-5-12(11)4-2-3-8-18)14(19)17-7-9-21-15(16)20/h5-6,10,18H,3,7-9H2,1H3,(H2,16,20)(H,17,19). The van der Waals surface area contributed by atoms with Crippen LogP contribution in [0.1, 0.15) is 27.9 Å². The lowest BCUT2D eigenvalue weighted by molar-refractivity contribution is 0.0936. The molecule has 2 amide bonds. The summed E-state index contributed by atoms with van der Waals surface area (Å²) in [6.07, 6.45) is -0.451. The molecule has 0 radical (unpaired) electrons. The molecule has 21 heavy (non-hydrogen) atoms. The van der Waals surface area contributed by atoms with Crippen molar-refractivity contribution in [1.82, 2.24) is 5.32 Å². The van der Waals surface area contributed by atoms with Crippen molar-refractivity contribution in [3.05, 3.63) is 34.9 Å². The third-order valence-electron chi connectivity index (χ3n) is 2.58.